The summed E-state index contributed by atoms with van der Waals surface area (Å²) in [6, 6.07) is 2.14. The van der Waals surface area contributed by atoms with Crippen molar-refractivity contribution < 1.29 is 0 Å². The smallest absolute Gasteiger partial charge is 0.0336 e. The second kappa shape index (κ2) is 4.77. The van der Waals surface area contributed by atoms with Crippen molar-refractivity contribution in [2.45, 2.75) is 25.8 Å². The lowest BCUT2D eigenvalue weighted by Crippen LogP contribution is -2.28. The fraction of sp³-hybridized carbons (Fsp3) is 0.636. The van der Waals surface area contributed by atoms with E-state index in [0.29, 0.717) is 0 Å². The average molecular weight is 274 g/mol. The zero-order chi connectivity index (χ0) is 9.97. The fourth-order valence-electron chi connectivity index (χ4n) is 1.86. The van der Waals surface area contributed by atoms with Gasteiger partial charge in [-0.15, -0.1) is 11.3 Å². The standard InChI is InChI=1S/C11H16BrNS/c1-13(7-9-3-2-4-9)8-11-10(12)5-6-14-11/h5-6,9H,2-4,7-8H2,1H3. The van der Waals surface area contributed by atoms with Crippen molar-refractivity contribution in [3.63, 3.8) is 0 Å². The maximum atomic E-state index is 3.58. The van der Waals surface area contributed by atoms with Crippen molar-refractivity contribution in [2.24, 2.45) is 5.92 Å². The van der Waals surface area contributed by atoms with Crippen LogP contribution in [0.1, 0.15) is 24.1 Å². The van der Waals surface area contributed by atoms with E-state index >= 15 is 0 Å². The molecule has 0 bridgehead atoms. The number of hydrogen-bond donors (Lipinski definition) is 0. The lowest BCUT2D eigenvalue weighted by atomic mass is 9.85. The van der Waals surface area contributed by atoms with Crippen LogP contribution >= 0.6 is 27.3 Å². The van der Waals surface area contributed by atoms with Gasteiger partial charge in [-0.1, -0.05) is 6.42 Å². The minimum Gasteiger partial charge on any atom is -0.301 e. The summed E-state index contributed by atoms with van der Waals surface area (Å²) >= 11 is 5.42. The Morgan fingerprint density at radius 3 is 2.86 bits per heavy atom. The topological polar surface area (TPSA) is 3.24 Å². The van der Waals surface area contributed by atoms with Crippen LogP contribution in [0.15, 0.2) is 15.9 Å². The quantitative estimate of drug-likeness (QED) is 0.808. The molecule has 1 aliphatic carbocycles. The summed E-state index contributed by atoms with van der Waals surface area (Å²) in [5.74, 6) is 0.971. The summed E-state index contributed by atoms with van der Waals surface area (Å²) in [6.07, 6.45) is 4.33. The molecule has 1 aromatic rings. The van der Waals surface area contributed by atoms with Crippen LogP contribution in [0.2, 0.25) is 0 Å². The Labute approximate surface area is 98.2 Å². The van der Waals surface area contributed by atoms with E-state index in [4.69, 9.17) is 0 Å². The average Bonchev–Trinajstić information content (AvgIpc) is 2.45. The number of thiophene rings is 1. The Kier molecular flexibility index (Phi) is 3.63. The van der Waals surface area contributed by atoms with E-state index in [0.717, 1.165) is 12.5 Å². The molecule has 78 valence electrons. The minimum absolute atomic E-state index is 0.971. The number of halogens is 1. The first-order chi connectivity index (χ1) is 6.75. The van der Waals surface area contributed by atoms with Crippen LogP contribution in [-0.4, -0.2) is 18.5 Å². The van der Waals surface area contributed by atoms with Gasteiger partial charge in [0.1, 0.15) is 0 Å². The molecular weight excluding hydrogens is 258 g/mol. The van der Waals surface area contributed by atoms with Gasteiger partial charge in [0.25, 0.3) is 0 Å². The van der Waals surface area contributed by atoms with Crippen LogP contribution in [0.5, 0.6) is 0 Å². The lowest BCUT2D eigenvalue weighted by molar-refractivity contribution is 0.201. The second-order valence-corrected chi connectivity index (χ2v) is 6.04. The molecule has 0 N–H and O–H groups in total. The minimum atomic E-state index is 0.971. The van der Waals surface area contributed by atoms with Crippen LogP contribution in [0.4, 0.5) is 0 Å². The van der Waals surface area contributed by atoms with Crippen molar-refractivity contribution in [1.29, 1.82) is 0 Å². The molecule has 2 rings (SSSR count). The Bertz CT molecular complexity index is 293. The van der Waals surface area contributed by atoms with Gasteiger partial charge in [0.2, 0.25) is 0 Å². The van der Waals surface area contributed by atoms with Crippen molar-refractivity contribution in [3.05, 3.63) is 20.8 Å². The second-order valence-electron chi connectivity index (χ2n) is 4.19. The molecule has 0 saturated heterocycles. The molecule has 1 heterocycles. The lowest BCUT2D eigenvalue weighted by Gasteiger charge is -2.29. The van der Waals surface area contributed by atoms with Gasteiger partial charge in [-0.25, -0.2) is 0 Å². The van der Waals surface area contributed by atoms with E-state index in [-0.39, 0.29) is 0 Å². The molecule has 1 aliphatic rings. The Balaban J connectivity index is 1.81. The first-order valence-electron chi connectivity index (χ1n) is 5.16. The highest BCUT2D eigenvalue weighted by atomic mass is 79.9. The highest BCUT2D eigenvalue weighted by molar-refractivity contribution is 9.10. The van der Waals surface area contributed by atoms with Crippen molar-refractivity contribution >= 4 is 27.3 Å². The van der Waals surface area contributed by atoms with Crippen LogP contribution in [0.25, 0.3) is 0 Å². The van der Waals surface area contributed by atoms with Gasteiger partial charge in [-0.3, -0.25) is 0 Å². The maximum Gasteiger partial charge on any atom is 0.0336 e. The molecule has 0 aromatic carbocycles. The summed E-state index contributed by atoms with van der Waals surface area (Å²) in [5, 5.41) is 2.15. The van der Waals surface area contributed by atoms with E-state index in [2.05, 4.69) is 39.3 Å². The highest BCUT2D eigenvalue weighted by Crippen LogP contribution is 2.28. The monoisotopic (exact) mass is 273 g/mol. The van der Waals surface area contributed by atoms with Gasteiger partial charge in [0, 0.05) is 22.4 Å². The molecule has 0 amide bonds. The number of hydrogen-bond acceptors (Lipinski definition) is 2. The summed E-state index contributed by atoms with van der Waals surface area (Å²) in [6.45, 7) is 2.36. The largest absolute Gasteiger partial charge is 0.301 e. The molecule has 0 unspecified atom stereocenters. The molecule has 0 radical (unpaired) electrons. The third-order valence-corrected chi connectivity index (χ3v) is 4.81. The first-order valence-corrected chi connectivity index (χ1v) is 6.83. The number of rotatable bonds is 4. The van der Waals surface area contributed by atoms with E-state index in [1.165, 1.54) is 35.2 Å². The predicted octanol–water partition coefficient (Wildman–Crippen LogP) is 3.74. The SMILES string of the molecule is CN(Cc1sccc1Br)CC1CCC1. The summed E-state index contributed by atoms with van der Waals surface area (Å²) in [5.41, 5.74) is 0. The van der Waals surface area contributed by atoms with Gasteiger partial charge in [0.05, 0.1) is 0 Å². The summed E-state index contributed by atoms with van der Waals surface area (Å²) in [4.78, 5) is 3.90. The third kappa shape index (κ3) is 2.59. The number of nitrogens with zero attached hydrogens (tertiary/aromatic N) is 1. The van der Waals surface area contributed by atoms with Crippen molar-refractivity contribution in [3.8, 4) is 0 Å². The van der Waals surface area contributed by atoms with Gasteiger partial charge < -0.3 is 4.90 Å². The summed E-state index contributed by atoms with van der Waals surface area (Å²) < 4.78 is 1.27. The molecule has 3 heteroatoms. The van der Waals surface area contributed by atoms with Crippen LogP contribution < -0.4 is 0 Å². The third-order valence-electron chi connectivity index (χ3n) is 2.90. The zero-order valence-corrected chi connectivity index (χ0v) is 10.9. The zero-order valence-electron chi connectivity index (χ0n) is 8.50. The van der Waals surface area contributed by atoms with Crippen LogP contribution in [0.3, 0.4) is 0 Å². The van der Waals surface area contributed by atoms with Crippen molar-refractivity contribution in [1.82, 2.24) is 4.90 Å². The van der Waals surface area contributed by atoms with E-state index < -0.39 is 0 Å². The predicted molar refractivity (Wildman–Crippen MR) is 65.7 cm³/mol. The molecule has 1 nitrogen and oxygen atoms in total. The van der Waals surface area contributed by atoms with Crippen LogP contribution in [0, 0.1) is 5.92 Å². The molecule has 1 aromatic heterocycles. The van der Waals surface area contributed by atoms with Gasteiger partial charge in [-0.2, -0.15) is 0 Å². The molecule has 0 spiro atoms. The Morgan fingerprint density at radius 1 is 1.57 bits per heavy atom. The maximum absolute atomic E-state index is 3.58. The van der Waals surface area contributed by atoms with Crippen LogP contribution in [-0.2, 0) is 6.54 Å². The normalized spacial score (nSPS) is 17.4. The Hall–Kier alpha value is 0.140. The first kappa shape index (κ1) is 10.7. The molecule has 0 aliphatic heterocycles. The van der Waals surface area contributed by atoms with Gasteiger partial charge >= 0.3 is 0 Å². The highest BCUT2D eigenvalue weighted by Gasteiger charge is 2.19. The van der Waals surface area contributed by atoms with Gasteiger partial charge in [-0.05, 0) is 53.2 Å². The fourth-order valence-corrected chi connectivity index (χ4v) is 3.42. The van der Waals surface area contributed by atoms with E-state index in [9.17, 15) is 0 Å². The molecule has 0 atom stereocenters. The van der Waals surface area contributed by atoms with Gasteiger partial charge in [0.15, 0.2) is 0 Å². The molecule has 1 fully saturated rings. The summed E-state index contributed by atoms with van der Waals surface area (Å²) in [7, 11) is 2.23. The molecule has 1 saturated carbocycles. The Morgan fingerprint density at radius 2 is 2.36 bits per heavy atom. The van der Waals surface area contributed by atoms with Crippen molar-refractivity contribution in [2.75, 3.05) is 13.6 Å². The molecule has 14 heavy (non-hydrogen) atoms. The molecular formula is C11H16BrNS. The van der Waals surface area contributed by atoms with E-state index in [1.807, 2.05) is 11.3 Å². The van der Waals surface area contributed by atoms with E-state index in [1.54, 1.807) is 0 Å².